The average Bonchev–Trinajstić information content (AvgIpc) is 2.67. The van der Waals surface area contributed by atoms with Gasteiger partial charge in [-0.15, -0.1) is 0 Å². The molecule has 0 unspecified atom stereocenters. The number of hydrogen-bond acceptors (Lipinski definition) is 4. The second-order valence-corrected chi connectivity index (χ2v) is 5.22. The van der Waals surface area contributed by atoms with E-state index < -0.39 is 17.8 Å². The second-order valence-electron chi connectivity index (χ2n) is 5.22. The Kier molecular flexibility index (Phi) is 4.77. The lowest BCUT2D eigenvalue weighted by atomic mass is 10.1. The van der Waals surface area contributed by atoms with Crippen molar-refractivity contribution in [3.8, 4) is 17.5 Å². The molecule has 1 atom stereocenters. The number of benzene rings is 2. The molecule has 1 N–H and O–H groups in total. The Morgan fingerprint density at radius 3 is 2.32 bits per heavy atom. The molecule has 0 bridgehead atoms. The summed E-state index contributed by atoms with van der Waals surface area (Å²) >= 11 is 0. The molecular weight excluding hydrogens is 319 g/mol. The van der Waals surface area contributed by atoms with Crippen molar-refractivity contribution in [2.24, 2.45) is 0 Å². The third-order valence-corrected chi connectivity index (χ3v) is 3.57. The first-order valence-electron chi connectivity index (χ1n) is 7.51. The normalized spacial score (nSPS) is 11.4. The van der Waals surface area contributed by atoms with Crippen LogP contribution in [0.4, 0.5) is 4.39 Å². The minimum Gasteiger partial charge on any atom is -0.332 e. The molecule has 3 rings (SSSR count). The molecule has 25 heavy (non-hydrogen) atoms. The van der Waals surface area contributed by atoms with Gasteiger partial charge in [0.05, 0.1) is 11.6 Å². The van der Waals surface area contributed by atoms with E-state index >= 15 is 0 Å². The molecule has 2 aromatic carbocycles. The molecule has 1 heterocycles. The number of amides is 1. The smallest absolute Gasteiger partial charge is 0.255 e. The summed E-state index contributed by atoms with van der Waals surface area (Å²) in [5.41, 5.74) is 1.13. The number of halogens is 1. The second kappa shape index (κ2) is 7.32. The molecule has 0 aliphatic carbocycles. The van der Waals surface area contributed by atoms with Crippen molar-refractivity contribution in [2.75, 3.05) is 0 Å². The summed E-state index contributed by atoms with van der Waals surface area (Å²) in [5.74, 6) is -0.609. The Hall–Kier alpha value is -3.59. The van der Waals surface area contributed by atoms with Crippen LogP contribution in [0.25, 0.3) is 11.4 Å². The highest BCUT2D eigenvalue weighted by Gasteiger charge is 2.18. The molecule has 0 saturated carbocycles. The number of nitrogens with zero attached hydrogens (tertiary/aromatic N) is 3. The van der Waals surface area contributed by atoms with Crippen molar-refractivity contribution >= 4 is 5.91 Å². The Labute approximate surface area is 143 Å². The van der Waals surface area contributed by atoms with E-state index in [4.69, 9.17) is 0 Å². The van der Waals surface area contributed by atoms with Gasteiger partial charge in [0.1, 0.15) is 11.9 Å². The highest BCUT2D eigenvalue weighted by Crippen LogP contribution is 2.17. The van der Waals surface area contributed by atoms with Crippen LogP contribution in [0.1, 0.15) is 22.0 Å². The van der Waals surface area contributed by atoms with Gasteiger partial charge in [0.25, 0.3) is 5.91 Å². The molecule has 0 aliphatic rings. The standard InChI is InChI=1S/C19H13FN4O/c20-16-9-5-4-8-15(16)17(10-21)24-19(25)14-11-22-18(23-12-14)13-6-2-1-3-7-13/h1-9,11-12,17H,(H,24,25)/t17-/m0/s1. The minimum absolute atomic E-state index is 0.111. The first-order chi connectivity index (χ1) is 12.2. The van der Waals surface area contributed by atoms with Crippen LogP contribution in [0, 0.1) is 17.1 Å². The van der Waals surface area contributed by atoms with E-state index in [1.54, 1.807) is 6.07 Å². The summed E-state index contributed by atoms with van der Waals surface area (Å²) in [6.07, 6.45) is 2.75. The van der Waals surface area contributed by atoms with Gasteiger partial charge in [-0.3, -0.25) is 4.79 Å². The van der Waals surface area contributed by atoms with Crippen molar-refractivity contribution in [3.63, 3.8) is 0 Å². The zero-order valence-electron chi connectivity index (χ0n) is 13.1. The van der Waals surface area contributed by atoms with Gasteiger partial charge in [0.2, 0.25) is 0 Å². The van der Waals surface area contributed by atoms with Gasteiger partial charge in [0.15, 0.2) is 5.82 Å². The van der Waals surface area contributed by atoms with Crippen molar-refractivity contribution in [1.82, 2.24) is 15.3 Å². The van der Waals surface area contributed by atoms with E-state index in [1.165, 1.54) is 30.6 Å². The van der Waals surface area contributed by atoms with Crippen molar-refractivity contribution < 1.29 is 9.18 Å². The van der Waals surface area contributed by atoms with Gasteiger partial charge < -0.3 is 5.32 Å². The maximum Gasteiger partial charge on any atom is 0.255 e. The number of nitrogens with one attached hydrogen (secondary N) is 1. The van der Waals surface area contributed by atoms with Crippen LogP contribution >= 0.6 is 0 Å². The topological polar surface area (TPSA) is 78.7 Å². The van der Waals surface area contributed by atoms with E-state index in [-0.39, 0.29) is 11.1 Å². The van der Waals surface area contributed by atoms with Crippen LogP contribution in [-0.2, 0) is 0 Å². The number of carbonyl (C=O) groups excluding carboxylic acids is 1. The fraction of sp³-hybridized carbons (Fsp3) is 0.0526. The van der Waals surface area contributed by atoms with E-state index in [9.17, 15) is 14.4 Å². The predicted octanol–water partition coefficient (Wildman–Crippen LogP) is 3.28. The van der Waals surface area contributed by atoms with Gasteiger partial charge in [-0.05, 0) is 6.07 Å². The Morgan fingerprint density at radius 2 is 1.68 bits per heavy atom. The number of rotatable bonds is 4. The van der Waals surface area contributed by atoms with Crippen molar-refractivity contribution in [1.29, 1.82) is 5.26 Å². The molecule has 5 nitrogen and oxygen atoms in total. The molecular formula is C19H13FN4O. The lowest BCUT2D eigenvalue weighted by Gasteiger charge is -2.12. The molecule has 0 aliphatic heterocycles. The van der Waals surface area contributed by atoms with Crippen LogP contribution in [0.3, 0.4) is 0 Å². The van der Waals surface area contributed by atoms with Crippen LogP contribution in [0.15, 0.2) is 67.0 Å². The van der Waals surface area contributed by atoms with Crippen LogP contribution in [0.5, 0.6) is 0 Å². The minimum atomic E-state index is -1.09. The maximum absolute atomic E-state index is 13.8. The maximum atomic E-state index is 13.8. The molecule has 1 amide bonds. The third kappa shape index (κ3) is 3.67. The fourth-order valence-corrected chi connectivity index (χ4v) is 2.28. The summed E-state index contributed by atoms with van der Waals surface area (Å²) < 4.78 is 13.8. The molecule has 3 aromatic rings. The van der Waals surface area contributed by atoms with Crippen molar-refractivity contribution in [2.45, 2.75) is 6.04 Å². The number of carbonyl (C=O) groups is 1. The molecule has 0 radical (unpaired) electrons. The number of hydrogen-bond donors (Lipinski definition) is 1. The van der Waals surface area contributed by atoms with E-state index in [0.29, 0.717) is 5.82 Å². The van der Waals surface area contributed by atoms with E-state index in [2.05, 4.69) is 15.3 Å². The van der Waals surface area contributed by atoms with E-state index in [0.717, 1.165) is 5.56 Å². The zero-order valence-corrected chi connectivity index (χ0v) is 13.1. The van der Waals surface area contributed by atoms with Crippen LogP contribution < -0.4 is 5.32 Å². The monoisotopic (exact) mass is 332 g/mol. The lowest BCUT2D eigenvalue weighted by molar-refractivity contribution is 0.0944. The van der Waals surface area contributed by atoms with Gasteiger partial charge in [-0.1, -0.05) is 48.5 Å². The average molecular weight is 332 g/mol. The summed E-state index contributed by atoms with van der Waals surface area (Å²) in [5, 5.41) is 11.7. The van der Waals surface area contributed by atoms with Gasteiger partial charge in [-0.2, -0.15) is 5.26 Å². The van der Waals surface area contributed by atoms with Crippen LogP contribution in [-0.4, -0.2) is 15.9 Å². The van der Waals surface area contributed by atoms with Crippen LogP contribution in [0.2, 0.25) is 0 Å². The lowest BCUT2D eigenvalue weighted by Crippen LogP contribution is -2.28. The highest BCUT2D eigenvalue weighted by molar-refractivity contribution is 5.94. The number of nitriles is 1. The summed E-state index contributed by atoms with van der Waals surface area (Å²) in [4.78, 5) is 20.6. The molecule has 1 aromatic heterocycles. The molecule has 122 valence electrons. The Morgan fingerprint density at radius 1 is 1.04 bits per heavy atom. The summed E-state index contributed by atoms with van der Waals surface area (Å²) in [7, 11) is 0. The largest absolute Gasteiger partial charge is 0.332 e. The van der Waals surface area contributed by atoms with Gasteiger partial charge in [0, 0.05) is 23.5 Å². The molecule has 0 saturated heterocycles. The van der Waals surface area contributed by atoms with Gasteiger partial charge in [-0.25, -0.2) is 14.4 Å². The molecule has 0 fully saturated rings. The van der Waals surface area contributed by atoms with Crippen molar-refractivity contribution in [3.05, 3.63) is 83.9 Å². The van der Waals surface area contributed by atoms with E-state index in [1.807, 2.05) is 36.4 Å². The third-order valence-electron chi connectivity index (χ3n) is 3.57. The zero-order chi connectivity index (χ0) is 17.6. The Bertz CT molecular complexity index is 920. The number of aromatic nitrogens is 2. The quantitative estimate of drug-likeness (QED) is 0.795. The molecule has 0 spiro atoms. The molecule has 6 heteroatoms. The predicted molar refractivity (Wildman–Crippen MR) is 89.7 cm³/mol. The summed E-state index contributed by atoms with van der Waals surface area (Å²) in [6.45, 7) is 0. The van der Waals surface area contributed by atoms with Gasteiger partial charge >= 0.3 is 0 Å². The fourth-order valence-electron chi connectivity index (χ4n) is 2.28. The first-order valence-corrected chi connectivity index (χ1v) is 7.51. The highest BCUT2D eigenvalue weighted by atomic mass is 19.1. The Balaban J connectivity index is 1.77. The SMILES string of the molecule is N#C[C@H](NC(=O)c1cnc(-c2ccccc2)nc1)c1ccccc1F. The summed E-state index contributed by atoms with van der Waals surface area (Å²) in [6, 6.07) is 15.9. The first kappa shape index (κ1) is 16.3.